The highest BCUT2D eigenvalue weighted by atomic mass is 15.6. The van der Waals surface area contributed by atoms with Gasteiger partial charge in [0.05, 0.1) is 6.04 Å². The molecule has 4 rings (SSSR count). The van der Waals surface area contributed by atoms with E-state index in [0.717, 1.165) is 56.2 Å². The minimum Gasteiger partial charge on any atom is -0.304 e. The first-order chi connectivity index (χ1) is 13.7. The van der Waals surface area contributed by atoms with Crippen molar-refractivity contribution < 1.29 is 0 Å². The lowest BCUT2D eigenvalue weighted by Gasteiger charge is -2.37. The average molecular weight is 377 g/mol. The summed E-state index contributed by atoms with van der Waals surface area (Å²) in [5, 5.41) is 12.8. The molecule has 1 fully saturated rings. The van der Waals surface area contributed by atoms with Gasteiger partial charge in [-0.2, -0.15) is 0 Å². The van der Waals surface area contributed by atoms with Gasteiger partial charge < -0.3 is 4.90 Å². The molecule has 0 aliphatic carbocycles. The fraction of sp³-hybridized carbons (Fsp3) is 0.429. The number of nitrogens with zero attached hydrogens (tertiary/aromatic N) is 7. The molecule has 28 heavy (non-hydrogen) atoms. The van der Waals surface area contributed by atoms with Crippen molar-refractivity contribution in [3.8, 4) is 0 Å². The third-order valence-corrected chi connectivity index (χ3v) is 5.41. The summed E-state index contributed by atoms with van der Waals surface area (Å²) in [6.07, 6.45) is 2.87. The van der Waals surface area contributed by atoms with E-state index in [1.165, 1.54) is 5.56 Å². The lowest BCUT2D eigenvalue weighted by atomic mass is 10.0. The minimum absolute atomic E-state index is 0.0209. The first-order valence-electron chi connectivity index (χ1n) is 9.86. The van der Waals surface area contributed by atoms with E-state index in [9.17, 15) is 0 Å². The first kappa shape index (κ1) is 18.7. The van der Waals surface area contributed by atoms with Crippen LogP contribution in [-0.4, -0.2) is 68.2 Å². The summed E-state index contributed by atoms with van der Waals surface area (Å²) >= 11 is 0. The molecule has 3 aromatic rings. The molecule has 1 atom stereocenters. The molecule has 146 valence electrons. The number of likely N-dealkylation sites (N-methyl/N-ethyl adjacent to an activating group) is 1. The van der Waals surface area contributed by atoms with E-state index in [2.05, 4.69) is 73.8 Å². The van der Waals surface area contributed by atoms with E-state index < -0.39 is 0 Å². The van der Waals surface area contributed by atoms with Gasteiger partial charge in [0.2, 0.25) is 0 Å². The van der Waals surface area contributed by atoms with Crippen LogP contribution in [0.15, 0.2) is 48.7 Å². The summed E-state index contributed by atoms with van der Waals surface area (Å²) in [5.41, 5.74) is 3.45. The number of aromatic nitrogens is 5. The summed E-state index contributed by atoms with van der Waals surface area (Å²) < 4.78 is 1.95. The monoisotopic (exact) mass is 377 g/mol. The molecule has 1 aromatic carbocycles. The van der Waals surface area contributed by atoms with Crippen LogP contribution in [0.1, 0.15) is 28.7 Å². The van der Waals surface area contributed by atoms with E-state index in [1.807, 2.05) is 23.9 Å². The molecule has 0 spiro atoms. The van der Waals surface area contributed by atoms with E-state index in [0.29, 0.717) is 0 Å². The third-order valence-electron chi connectivity index (χ3n) is 5.41. The summed E-state index contributed by atoms with van der Waals surface area (Å²) in [4.78, 5) is 9.36. The van der Waals surface area contributed by atoms with E-state index in [4.69, 9.17) is 0 Å². The van der Waals surface area contributed by atoms with Gasteiger partial charge in [0, 0.05) is 44.6 Å². The van der Waals surface area contributed by atoms with E-state index >= 15 is 0 Å². The van der Waals surface area contributed by atoms with Crippen molar-refractivity contribution in [2.45, 2.75) is 25.9 Å². The van der Waals surface area contributed by atoms with Crippen LogP contribution in [0.25, 0.3) is 0 Å². The van der Waals surface area contributed by atoms with Crippen LogP contribution in [0.4, 0.5) is 0 Å². The van der Waals surface area contributed by atoms with Crippen LogP contribution in [-0.2, 0) is 13.0 Å². The predicted octanol–water partition coefficient (Wildman–Crippen LogP) is 1.96. The number of rotatable bonds is 6. The van der Waals surface area contributed by atoms with Crippen molar-refractivity contribution in [3.63, 3.8) is 0 Å². The molecule has 0 N–H and O–H groups in total. The van der Waals surface area contributed by atoms with Gasteiger partial charge in [-0.1, -0.05) is 36.4 Å². The summed E-state index contributed by atoms with van der Waals surface area (Å²) in [7, 11) is 2.17. The SMILES string of the molecule is Cc1ccc(C(c2nnnn2CCc2ccccc2)N2CCN(C)CC2)cn1. The molecule has 0 bridgehead atoms. The van der Waals surface area contributed by atoms with Gasteiger partial charge in [-0.05, 0) is 48.0 Å². The Labute approximate surface area is 166 Å². The minimum atomic E-state index is 0.0209. The molecule has 1 saturated heterocycles. The molecule has 1 aliphatic heterocycles. The fourth-order valence-corrected chi connectivity index (χ4v) is 3.69. The average Bonchev–Trinajstić information content (AvgIpc) is 3.18. The lowest BCUT2D eigenvalue weighted by Crippen LogP contribution is -2.46. The molecule has 3 heterocycles. The summed E-state index contributed by atoms with van der Waals surface area (Å²) in [6.45, 7) is 6.83. The maximum absolute atomic E-state index is 4.53. The molecule has 2 aromatic heterocycles. The molecular formula is C21H27N7. The molecule has 1 aliphatic rings. The van der Waals surface area contributed by atoms with Gasteiger partial charge in [0.15, 0.2) is 5.82 Å². The molecule has 0 radical (unpaired) electrons. The standard InChI is InChI=1S/C21H27N7/c1-17-8-9-19(16-22-17)20(27-14-12-26(2)13-15-27)21-23-24-25-28(21)11-10-18-6-4-3-5-7-18/h3-9,16,20H,10-15H2,1-2H3. The van der Waals surface area contributed by atoms with Crippen LogP contribution in [0.3, 0.4) is 0 Å². The maximum atomic E-state index is 4.53. The van der Waals surface area contributed by atoms with Gasteiger partial charge >= 0.3 is 0 Å². The van der Waals surface area contributed by atoms with Crippen molar-refractivity contribution in [1.82, 2.24) is 35.0 Å². The number of pyridine rings is 1. The Bertz CT molecular complexity index is 867. The Morgan fingerprint density at radius 2 is 1.79 bits per heavy atom. The van der Waals surface area contributed by atoms with Gasteiger partial charge in [0.25, 0.3) is 0 Å². The molecule has 7 heteroatoms. The normalized spacial score (nSPS) is 16.9. The molecule has 1 unspecified atom stereocenters. The van der Waals surface area contributed by atoms with Crippen molar-refractivity contribution in [2.75, 3.05) is 33.2 Å². The largest absolute Gasteiger partial charge is 0.304 e. The Morgan fingerprint density at radius 1 is 1.00 bits per heavy atom. The van der Waals surface area contributed by atoms with Crippen molar-refractivity contribution in [1.29, 1.82) is 0 Å². The Morgan fingerprint density at radius 3 is 2.50 bits per heavy atom. The van der Waals surface area contributed by atoms with Crippen LogP contribution in [0.2, 0.25) is 0 Å². The second-order valence-electron chi connectivity index (χ2n) is 7.47. The third kappa shape index (κ3) is 4.26. The highest BCUT2D eigenvalue weighted by molar-refractivity contribution is 5.24. The van der Waals surface area contributed by atoms with Gasteiger partial charge in [-0.25, -0.2) is 4.68 Å². The van der Waals surface area contributed by atoms with E-state index in [1.54, 1.807) is 0 Å². The Kier molecular flexibility index (Phi) is 5.73. The topological polar surface area (TPSA) is 63.0 Å². The van der Waals surface area contributed by atoms with E-state index in [-0.39, 0.29) is 6.04 Å². The predicted molar refractivity (Wildman–Crippen MR) is 108 cm³/mol. The van der Waals surface area contributed by atoms with Crippen molar-refractivity contribution in [2.24, 2.45) is 0 Å². The fourth-order valence-electron chi connectivity index (χ4n) is 3.69. The molecule has 0 amide bonds. The second-order valence-corrected chi connectivity index (χ2v) is 7.47. The Hall–Kier alpha value is -2.64. The molecule has 0 saturated carbocycles. The zero-order chi connectivity index (χ0) is 19.3. The molecule has 7 nitrogen and oxygen atoms in total. The number of hydrogen-bond donors (Lipinski definition) is 0. The van der Waals surface area contributed by atoms with Gasteiger partial charge in [0.1, 0.15) is 0 Å². The highest BCUT2D eigenvalue weighted by Gasteiger charge is 2.30. The number of hydrogen-bond acceptors (Lipinski definition) is 6. The first-order valence-corrected chi connectivity index (χ1v) is 9.86. The maximum Gasteiger partial charge on any atom is 0.173 e. The van der Waals surface area contributed by atoms with Crippen molar-refractivity contribution in [3.05, 3.63) is 71.3 Å². The second kappa shape index (κ2) is 8.58. The summed E-state index contributed by atoms with van der Waals surface area (Å²) in [6, 6.07) is 14.7. The van der Waals surface area contributed by atoms with Crippen LogP contribution in [0, 0.1) is 6.92 Å². The zero-order valence-electron chi connectivity index (χ0n) is 16.6. The van der Waals surface area contributed by atoms with Gasteiger partial charge in [-0.3, -0.25) is 9.88 Å². The van der Waals surface area contributed by atoms with Gasteiger partial charge in [-0.15, -0.1) is 5.10 Å². The smallest absolute Gasteiger partial charge is 0.173 e. The van der Waals surface area contributed by atoms with Crippen molar-refractivity contribution >= 4 is 0 Å². The van der Waals surface area contributed by atoms with Crippen LogP contribution in [0.5, 0.6) is 0 Å². The highest BCUT2D eigenvalue weighted by Crippen LogP contribution is 2.27. The number of piperazine rings is 1. The number of benzene rings is 1. The number of aryl methyl sites for hydroxylation is 3. The quantitative estimate of drug-likeness (QED) is 0.654. The number of tetrazole rings is 1. The van der Waals surface area contributed by atoms with Crippen LogP contribution >= 0.6 is 0 Å². The Balaban J connectivity index is 1.61. The lowest BCUT2D eigenvalue weighted by molar-refractivity contribution is 0.121. The molecular weight excluding hydrogens is 350 g/mol. The van der Waals surface area contributed by atoms with Crippen LogP contribution < -0.4 is 0 Å². The zero-order valence-corrected chi connectivity index (χ0v) is 16.6. The summed E-state index contributed by atoms with van der Waals surface area (Å²) in [5.74, 6) is 0.895.